The van der Waals surface area contributed by atoms with Crippen molar-refractivity contribution in [2.24, 2.45) is 0 Å². The minimum atomic E-state index is -4.49. The number of nitrogens with one attached hydrogen (secondary N) is 1. The van der Waals surface area contributed by atoms with Gasteiger partial charge in [0.2, 0.25) is 0 Å². The molecule has 0 aliphatic carbocycles. The van der Waals surface area contributed by atoms with Crippen LogP contribution >= 0.6 is 23.2 Å². The van der Waals surface area contributed by atoms with Crippen molar-refractivity contribution < 1.29 is 13.2 Å². The number of nitriles is 1. The molecule has 3 aromatic carbocycles. The molecule has 0 saturated heterocycles. The summed E-state index contributed by atoms with van der Waals surface area (Å²) in [5, 5.41) is 14.2. The Labute approximate surface area is 212 Å². The molecule has 5 nitrogen and oxygen atoms in total. The number of alkyl halides is 3. The standard InChI is InChI=1S/C26H13Cl2F3N4O/c27-18-9-10-19(20(28)11-18)23-24(16-5-7-17(8-6-16)26(29,30)31)34-35-22(36)12-21(33-25(23)35)15-3-1-14(13-32)2-4-15/h1-12,33H. The zero-order chi connectivity index (χ0) is 25.6. The van der Waals surface area contributed by atoms with E-state index in [4.69, 9.17) is 28.5 Å². The van der Waals surface area contributed by atoms with Crippen LogP contribution in [0.25, 0.3) is 39.3 Å². The second-order valence-electron chi connectivity index (χ2n) is 7.89. The molecule has 10 heteroatoms. The summed E-state index contributed by atoms with van der Waals surface area (Å²) in [5.41, 5.74) is 2.13. The third-order valence-electron chi connectivity index (χ3n) is 5.63. The van der Waals surface area contributed by atoms with Crippen molar-refractivity contribution in [2.75, 3.05) is 0 Å². The highest BCUT2D eigenvalue weighted by Gasteiger charge is 2.30. The van der Waals surface area contributed by atoms with E-state index < -0.39 is 17.3 Å². The molecular weight excluding hydrogens is 512 g/mol. The van der Waals surface area contributed by atoms with Crippen LogP contribution in [0.3, 0.4) is 0 Å². The van der Waals surface area contributed by atoms with Crippen LogP contribution in [0, 0.1) is 11.3 Å². The maximum Gasteiger partial charge on any atom is 0.416 e. The van der Waals surface area contributed by atoms with Crippen molar-refractivity contribution in [1.29, 1.82) is 5.26 Å². The Hall–Kier alpha value is -4.06. The van der Waals surface area contributed by atoms with Crippen molar-refractivity contribution in [2.45, 2.75) is 6.18 Å². The second-order valence-corrected chi connectivity index (χ2v) is 8.74. The summed E-state index contributed by atoms with van der Waals surface area (Å²) in [6.45, 7) is 0. The highest BCUT2D eigenvalue weighted by atomic mass is 35.5. The monoisotopic (exact) mass is 524 g/mol. The molecule has 1 N–H and O–H groups in total. The lowest BCUT2D eigenvalue weighted by Crippen LogP contribution is -2.14. The zero-order valence-electron chi connectivity index (χ0n) is 18.1. The first-order chi connectivity index (χ1) is 17.2. The Bertz CT molecular complexity index is 1710. The number of H-pyrrole nitrogens is 1. The SMILES string of the molecule is N#Cc1ccc(-c2cc(=O)n3nc(-c4ccc(C(F)(F)F)cc4)c(-c4ccc(Cl)cc4Cl)c3[nH]2)cc1. The molecule has 2 heterocycles. The molecule has 5 rings (SSSR count). The second kappa shape index (κ2) is 8.86. The van der Waals surface area contributed by atoms with Crippen LogP contribution in [0.15, 0.2) is 77.6 Å². The number of hydrogen-bond acceptors (Lipinski definition) is 3. The molecule has 0 saturated carbocycles. The summed E-state index contributed by atoms with van der Waals surface area (Å²) in [7, 11) is 0. The Kier molecular flexibility index (Phi) is 5.83. The van der Waals surface area contributed by atoms with Gasteiger partial charge in [-0.25, -0.2) is 0 Å². The lowest BCUT2D eigenvalue weighted by Gasteiger charge is -2.09. The number of fused-ring (bicyclic) bond motifs is 1. The van der Waals surface area contributed by atoms with Gasteiger partial charge in [-0.3, -0.25) is 4.79 Å². The molecule has 0 fully saturated rings. The molecule has 0 bridgehead atoms. The molecule has 0 radical (unpaired) electrons. The van der Waals surface area contributed by atoms with Crippen LogP contribution < -0.4 is 5.56 Å². The first-order valence-corrected chi connectivity index (χ1v) is 11.2. The quantitative estimate of drug-likeness (QED) is 0.270. The van der Waals surface area contributed by atoms with Gasteiger partial charge in [0.05, 0.1) is 33.5 Å². The number of halogens is 5. The third-order valence-corrected chi connectivity index (χ3v) is 6.17. The molecular formula is C26H13Cl2F3N4O. The van der Waals surface area contributed by atoms with Gasteiger partial charge in [-0.05, 0) is 42.0 Å². The fraction of sp³-hybridized carbons (Fsp3) is 0.0385. The summed E-state index contributed by atoms with van der Waals surface area (Å²) in [4.78, 5) is 16.3. The fourth-order valence-electron chi connectivity index (χ4n) is 3.89. The van der Waals surface area contributed by atoms with Crippen molar-refractivity contribution >= 4 is 28.8 Å². The van der Waals surface area contributed by atoms with E-state index >= 15 is 0 Å². The topological polar surface area (TPSA) is 73.9 Å². The van der Waals surface area contributed by atoms with Crippen LogP contribution in [-0.4, -0.2) is 14.6 Å². The predicted molar refractivity (Wildman–Crippen MR) is 132 cm³/mol. The molecule has 0 unspecified atom stereocenters. The summed E-state index contributed by atoms with van der Waals surface area (Å²) < 4.78 is 40.5. The Morgan fingerprint density at radius 3 is 2.19 bits per heavy atom. The summed E-state index contributed by atoms with van der Waals surface area (Å²) in [6.07, 6.45) is -4.49. The number of aromatic amines is 1. The molecule has 5 aromatic rings. The molecule has 0 atom stereocenters. The number of nitrogens with zero attached hydrogens (tertiary/aromatic N) is 3. The van der Waals surface area contributed by atoms with E-state index in [9.17, 15) is 18.0 Å². The van der Waals surface area contributed by atoms with E-state index in [1.165, 1.54) is 24.3 Å². The average molecular weight is 525 g/mol. The number of hydrogen-bond donors (Lipinski definition) is 1. The van der Waals surface area contributed by atoms with Crippen LogP contribution in [-0.2, 0) is 6.18 Å². The fourth-order valence-corrected chi connectivity index (χ4v) is 4.39. The minimum Gasteiger partial charge on any atom is -0.339 e. The Morgan fingerprint density at radius 2 is 1.58 bits per heavy atom. The van der Waals surface area contributed by atoms with Crippen LogP contribution in [0.1, 0.15) is 11.1 Å². The van der Waals surface area contributed by atoms with E-state index in [0.717, 1.165) is 16.6 Å². The van der Waals surface area contributed by atoms with Gasteiger partial charge in [-0.15, -0.1) is 0 Å². The highest BCUT2D eigenvalue weighted by molar-refractivity contribution is 6.36. The molecule has 0 spiro atoms. The normalized spacial score (nSPS) is 11.6. The number of rotatable bonds is 3. The van der Waals surface area contributed by atoms with Crippen molar-refractivity contribution in [3.8, 4) is 39.7 Å². The van der Waals surface area contributed by atoms with Gasteiger partial charge in [0.25, 0.3) is 5.56 Å². The van der Waals surface area contributed by atoms with Gasteiger partial charge in [0, 0.05) is 22.2 Å². The van der Waals surface area contributed by atoms with Gasteiger partial charge in [0.1, 0.15) is 11.3 Å². The molecule has 2 aromatic heterocycles. The van der Waals surface area contributed by atoms with Gasteiger partial charge in [-0.1, -0.05) is 53.5 Å². The van der Waals surface area contributed by atoms with Crippen molar-refractivity contribution in [1.82, 2.24) is 14.6 Å². The van der Waals surface area contributed by atoms with E-state index in [1.807, 2.05) is 6.07 Å². The first-order valence-electron chi connectivity index (χ1n) is 10.5. The van der Waals surface area contributed by atoms with Crippen LogP contribution in [0.4, 0.5) is 13.2 Å². The smallest absolute Gasteiger partial charge is 0.339 e. The zero-order valence-corrected chi connectivity index (χ0v) is 19.6. The third kappa shape index (κ3) is 4.24. The Balaban J connectivity index is 1.79. The van der Waals surface area contributed by atoms with E-state index in [0.29, 0.717) is 44.2 Å². The van der Waals surface area contributed by atoms with E-state index in [2.05, 4.69) is 10.1 Å². The van der Waals surface area contributed by atoms with E-state index in [-0.39, 0.29) is 10.7 Å². The predicted octanol–water partition coefficient (Wildman–Crippen LogP) is 7.22. The minimum absolute atomic E-state index is 0.262. The molecule has 0 aliphatic heterocycles. The molecule has 0 aliphatic rings. The molecule has 36 heavy (non-hydrogen) atoms. The lowest BCUT2D eigenvalue weighted by atomic mass is 10.00. The molecule has 0 amide bonds. The number of benzene rings is 3. The van der Waals surface area contributed by atoms with Gasteiger partial charge in [-0.2, -0.15) is 28.0 Å². The Morgan fingerprint density at radius 1 is 0.917 bits per heavy atom. The van der Waals surface area contributed by atoms with Crippen LogP contribution in [0.5, 0.6) is 0 Å². The maximum absolute atomic E-state index is 13.1. The highest BCUT2D eigenvalue weighted by Crippen LogP contribution is 2.40. The summed E-state index contributed by atoms with van der Waals surface area (Å²) in [6, 6.07) is 19.3. The lowest BCUT2D eigenvalue weighted by molar-refractivity contribution is -0.137. The van der Waals surface area contributed by atoms with Crippen molar-refractivity contribution in [3.63, 3.8) is 0 Å². The summed E-state index contributed by atoms with van der Waals surface area (Å²) >= 11 is 12.6. The summed E-state index contributed by atoms with van der Waals surface area (Å²) in [5.74, 6) is 0. The van der Waals surface area contributed by atoms with Gasteiger partial charge < -0.3 is 4.98 Å². The largest absolute Gasteiger partial charge is 0.416 e. The van der Waals surface area contributed by atoms with E-state index in [1.54, 1.807) is 36.4 Å². The van der Waals surface area contributed by atoms with Crippen LogP contribution in [0.2, 0.25) is 10.0 Å². The van der Waals surface area contributed by atoms with Gasteiger partial charge >= 0.3 is 6.18 Å². The van der Waals surface area contributed by atoms with Gasteiger partial charge in [0.15, 0.2) is 0 Å². The van der Waals surface area contributed by atoms with Crippen molar-refractivity contribution in [3.05, 3.63) is 104 Å². The maximum atomic E-state index is 13.1. The molecule has 178 valence electrons. The average Bonchev–Trinajstić information content (AvgIpc) is 3.23. The number of aromatic nitrogens is 3. The first kappa shape index (κ1) is 23.7.